The van der Waals surface area contributed by atoms with E-state index in [0.717, 1.165) is 0 Å². The van der Waals surface area contributed by atoms with Gasteiger partial charge in [0.05, 0.1) is 6.20 Å². The van der Waals surface area contributed by atoms with E-state index in [4.69, 9.17) is 10.3 Å². The van der Waals surface area contributed by atoms with Crippen LogP contribution in [-0.4, -0.2) is 16.1 Å². The maximum Gasteiger partial charge on any atom is 0.255 e. The summed E-state index contributed by atoms with van der Waals surface area (Å²) in [7, 11) is 0. The van der Waals surface area contributed by atoms with E-state index in [1.54, 1.807) is 6.20 Å². The van der Waals surface area contributed by atoms with Gasteiger partial charge in [-0.2, -0.15) is 0 Å². The van der Waals surface area contributed by atoms with Gasteiger partial charge in [0.2, 0.25) is 5.91 Å². The number of carbonyl (C=O) groups is 1. The average molecular weight is 201 g/mol. The first kappa shape index (κ1) is 10.1. The molecule has 0 aliphatic carbocycles. The van der Waals surface area contributed by atoms with Gasteiger partial charge in [-0.15, -0.1) is 0 Å². The summed E-state index contributed by atoms with van der Waals surface area (Å²) in [5.41, 5.74) is 2.07. The lowest BCUT2D eigenvalue weighted by Crippen LogP contribution is -2.31. The summed E-state index contributed by atoms with van der Waals surface area (Å²) < 4.78 is 5.01. The van der Waals surface area contributed by atoms with Gasteiger partial charge in [0.15, 0.2) is 0 Å². The monoisotopic (exact) mass is 201 g/mol. The Balaban J connectivity index is 2.33. The zero-order valence-corrected chi connectivity index (χ0v) is 8.00. The molecule has 0 bridgehead atoms. The Labute approximate surface area is 80.0 Å². The molecule has 1 unspecified atom stereocenters. The molecule has 5 nitrogen and oxygen atoms in total. The maximum absolute atomic E-state index is 10.9. The Bertz CT molecular complexity index is 263. The molecule has 0 aromatic carbocycles. The molecule has 1 rings (SSSR count). The number of thioether (sulfide) groups is 1. The highest BCUT2D eigenvalue weighted by Crippen LogP contribution is 2.22. The summed E-state index contributed by atoms with van der Waals surface area (Å²) in [6.45, 7) is 1.91. The molecule has 3 N–H and O–H groups in total. The highest BCUT2D eigenvalue weighted by Gasteiger charge is 2.11. The van der Waals surface area contributed by atoms with Gasteiger partial charge in [-0.1, -0.05) is 18.7 Å². The molecule has 1 aromatic heterocycles. The van der Waals surface area contributed by atoms with Crippen LogP contribution in [0.1, 0.15) is 13.3 Å². The molecule has 1 heterocycles. The van der Waals surface area contributed by atoms with Crippen LogP contribution in [0, 0.1) is 0 Å². The summed E-state index contributed by atoms with van der Waals surface area (Å²) in [5, 5.41) is 0.666. The summed E-state index contributed by atoms with van der Waals surface area (Å²) >= 11 is 1.40. The van der Waals surface area contributed by atoms with Crippen LogP contribution < -0.4 is 11.3 Å². The Morgan fingerprint density at radius 1 is 1.92 bits per heavy atom. The van der Waals surface area contributed by atoms with Gasteiger partial charge in [-0.25, -0.2) is 10.8 Å². The number of carbonyl (C=O) groups excluding carboxylic acids is 1. The van der Waals surface area contributed by atoms with Crippen molar-refractivity contribution < 1.29 is 9.21 Å². The molecule has 13 heavy (non-hydrogen) atoms. The molecule has 72 valence electrons. The maximum atomic E-state index is 10.9. The van der Waals surface area contributed by atoms with E-state index in [-0.39, 0.29) is 11.2 Å². The Kier molecular flexibility index (Phi) is 3.78. The lowest BCUT2D eigenvalue weighted by atomic mass is 10.3. The summed E-state index contributed by atoms with van der Waals surface area (Å²) in [6, 6.07) is 0. The number of hydrogen-bond donors (Lipinski definition) is 2. The standard InChI is InChI=1S/C7H11N3O2S/c1-5(4-6(11)10-8)13-7-9-2-3-12-7/h2-3,5H,4,8H2,1H3,(H,10,11). The van der Waals surface area contributed by atoms with Gasteiger partial charge in [-0.05, 0) is 0 Å². The van der Waals surface area contributed by atoms with Crippen LogP contribution in [0.3, 0.4) is 0 Å². The lowest BCUT2D eigenvalue weighted by molar-refractivity contribution is -0.121. The first-order valence-corrected chi connectivity index (χ1v) is 4.66. The molecule has 0 fully saturated rings. The zero-order valence-electron chi connectivity index (χ0n) is 7.19. The molecule has 0 saturated carbocycles. The number of nitrogens with zero attached hydrogens (tertiary/aromatic N) is 1. The molecule has 1 amide bonds. The molecular weight excluding hydrogens is 190 g/mol. The van der Waals surface area contributed by atoms with Crippen molar-refractivity contribution in [3.8, 4) is 0 Å². The number of hydrogen-bond acceptors (Lipinski definition) is 5. The van der Waals surface area contributed by atoms with E-state index < -0.39 is 0 Å². The minimum Gasteiger partial charge on any atom is -0.440 e. The SMILES string of the molecule is CC(CC(=O)NN)Sc1ncco1. The van der Waals surface area contributed by atoms with E-state index in [0.29, 0.717) is 11.6 Å². The fourth-order valence-electron chi connectivity index (χ4n) is 0.802. The van der Waals surface area contributed by atoms with E-state index in [1.807, 2.05) is 6.92 Å². The van der Waals surface area contributed by atoms with Crippen molar-refractivity contribution in [2.45, 2.75) is 23.8 Å². The van der Waals surface area contributed by atoms with Crippen LogP contribution in [-0.2, 0) is 4.79 Å². The van der Waals surface area contributed by atoms with Crippen LogP contribution >= 0.6 is 11.8 Å². The Hall–Kier alpha value is -1.01. The van der Waals surface area contributed by atoms with E-state index in [2.05, 4.69) is 10.4 Å². The van der Waals surface area contributed by atoms with Gasteiger partial charge < -0.3 is 4.42 Å². The van der Waals surface area contributed by atoms with E-state index in [9.17, 15) is 4.79 Å². The number of amides is 1. The quantitative estimate of drug-likeness (QED) is 0.321. The smallest absolute Gasteiger partial charge is 0.255 e. The molecular formula is C7H11N3O2S. The number of rotatable bonds is 4. The van der Waals surface area contributed by atoms with Gasteiger partial charge in [0.25, 0.3) is 5.22 Å². The minimum atomic E-state index is -0.188. The third-order valence-electron chi connectivity index (χ3n) is 1.35. The van der Waals surface area contributed by atoms with Crippen molar-refractivity contribution >= 4 is 17.7 Å². The molecule has 0 spiro atoms. The fraction of sp³-hybridized carbons (Fsp3) is 0.429. The minimum absolute atomic E-state index is 0.0993. The first-order valence-electron chi connectivity index (χ1n) is 3.78. The molecule has 1 atom stereocenters. The second kappa shape index (κ2) is 4.88. The fourth-order valence-corrected chi connectivity index (χ4v) is 1.61. The van der Waals surface area contributed by atoms with E-state index in [1.165, 1.54) is 18.0 Å². The summed E-state index contributed by atoms with van der Waals surface area (Å²) in [4.78, 5) is 14.8. The lowest BCUT2D eigenvalue weighted by Gasteiger charge is -2.05. The summed E-state index contributed by atoms with van der Waals surface area (Å²) in [6.07, 6.45) is 3.42. The summed E-state index contributed by atoms with van der Waals surface area (Å²) in [5.74, 6) is 4.76. The van der Waals surface area contributed by atoms with Crippen molar-refractivity contribution in [2.75, 3.05) is 0 Å². The first-order chi connectivity index (χ1) is 6.22. The molecule has 0 aliphatic heterocycles. The molecule has 0 saturated heterocycles. The second-order valence-electron chi connectivity index (χ2n) is 2.50. The highest BCUT2D eigenvalue weighted by atomic mass is 32.2. The Morgan fingerprint density at radius 3 is 3.23 bits per heavy atom. The van der Waals surface area contributed by atoms with Crippen molar-refractivity contribution in [3.05, 3.63) is 12.5 Å². The number of aromatic nitrogens is 1. The highest BCUT2D eigenvalue weighted by molar-refractivity contribution is 7.99. The molecule has 0 aliphatic rings. The van der Waals surface area contributed by atoms with Gasteiger partial charge in [0.1, 0.15) is 6.26 Å². The molecule has 6 heteroatoms. The van der Waals surface area contributed by atoms with Crippen LogP contribution in [0.15, 0.2) is 22.1 Å². The molecule has 1 aromatic rings. The van der Waals surface area contributed by atoms with E-state index >= 15 is 0 Å². The van der Waals surface area contributed by atoms with Gasteiger partial charge in [0, 0.05) is 11.7 Å². The zero-order chi connectivity index (χ0) is 9.68. The number of nitrogens with two attached hydrogens (primary N) is 1. The normalized spacial score (nSPS) is 12.5. The number of nitrogens with one attached hydrogen (secondary N) is 1. The largest absolute Gasteiger partial charge is 0.440 e. The van der Waals surface area contributed by atoms with Crippen LogP contribution in [0.5, 0.6) is 0 Å². The van der Waals surface area contributed by atoms with Crippen molar-refractivity contribution in [2.24, 2.45) is 5.84 Å². The third-order valence-corrected chi connectivity index (χ3v) is 2.32. The van der Waals surface area contributed by atoms with Crippen LogP contribution in [0.4, 0.5) is 0 Å². The van der Waals surface area contributed by atoms with Crippen molar-refractivity contribution in [1.82, 2.24) is 10.4 Å². The van der Waals surface area contributed by atoms with Gasteiger partial charge in [-0.3, -0.25) is 10.2 Å². The van der Waals surface area contributed by atoms with Crippen molar-refractivity contribution in [3.63, 3.8) is 0 Å². The Morgan fingerprint density at radius 2 is 2.69 bits per heavy atom. The predicted molar refractivity (Wildman–Crippen MR) is 48.8 cm³/mol. The third kappa shape index (κ3) is 3.47. The second-order valence-corrected chi connectivity index (χ2v) is 3.89. The topological polar surface area (TPSA) is 81.2 Å². The van der Waals surface area contributed by atoms with Crippen molar-refractivity contribution in [1.29, 1.82) is 0 Å². The number of oxazole rings is 1. The van der Waals surface area contributed by atoms with Crippen LogP contribution in [0.25, 0.3) is 0 Å². The van der Waals surface area contributed by atoms with Crippen LogP contribution in [0.2, 0.25) is 0 Å². The predicted octanol–water partition coefficient (Wildman–Crippen LogP) is 0.535. The average Bonchev–Trinajstić information content (AvgIpc) is 2.56. The number of hydrazine groups is 1. The molecule has 0 radical (unpaired) electrons. The van der Waals surface area contributed by atoms with Gasteiger partial charge >= 0.3 is 0 Å².